The van der Waals surface area contributed by atoms with Gasteiger partial charge in [0.25, 0.3) is 0 Å². The normalized spacial score (nSPS) is 19.9. The van der Waals surface area contributed by atoms with Gasteiger partial charge in [0.1, 0.15) is 5.75 Å². The summed E-state index contributed by atoms with van der Waals surface area (Å²) in [7, 11) is 1.72. The monoisotopic (exact) mass is 412 g/mol. The number of nitrogens with zero attached hydrogens (tertiary/aromatic N) is 1. The lowest BCUT2D eigenvalue weighted by molar-refractivity contribution is 0.197. The first kappa shape index (κ1) is 17.2. The molecule has 6 heteroatoms. The smallest absolute Gasteiger partial charge is 0.137 e. The lowest BCUT2D eigenvalue weighted by atomic mass is 10.1. The van der Waals surface area contributed by atoms with Gasteiger partial charge < -0.3 is 10.1 Å². The van der Waals surface area contributed by atoms with E-state index in [4.69, 9.17) is 4.74 Å². The van der Waals surface area contributed by atoms with Crippen LogP contribution in [0.4, 0.5) is 0 Å². The molecule has 1 saturated heterocycles. The Balaban J connectivity index is 0.00000180. The topological polar surface area (TPSA) is 24.5 Å². The van der Waals surface area contributed by atoms with Gasteiger partial charge in [-0.15, -0.1) is 12.4 Å². The summed E-state index contributed by atoms with van der Waals surface area (Å²) in [5.41, 5.74) is 1.22. The Morgan fingerprint density at radius 3 is 2.79 bits per heavy atom. The van der Waals surface area contributed by atoms with Crippen molar-refractivity contribution in [1.29, 1.82) is 0 Å². The molecule has 0 unspecified atom stereocenters. The largest absolute Gasteiger partial charge is 0.495 e. The molecule has 1 aromatic rings. The molecule has 0 saturated carbocycles. The Bertz CT molecular complexity index is 431. The van der Waals surface area contributed by atoms with Crippen molar-refractivity contribution in [3.63, 3.8) is 0 Å². The zero-order valence-corrected chi connectivity index (χ0v) is 15.1. The van der Waals surface area contributed by atoms with Crippen molar-refractivity contribution in [1.82, 2.24) is 10.2 Å². The summed E-state index contributed by atoms with van der Waals surface area (Å²) in [6.07, 6.45) is 0. The molecule has 0 bridgehead atoms. The molecular weight excluding hydrogens is 395 g/mol. The van der Waals surface area contributed by atoms with Crippen LogP contribution < -0.4 is 10.1 Å². The van der Waals surface area contributed by atoms with E-state index in [9.17, 15) is 0 Å². The highest BCUT2D eigenvalue weighted by molar-refractivity contribution is 9.11. The minimum atomic E-state index is 0. The Morgan fingerprint density at radius 1 is 1.42 bits per heavy atom. The summed E-state index contributed by atoms with van der Waals surface area (Å²) in [5.74, 6) is 0.935. The number of methoxy groups -OCH3 is 1. The first-order valence-corrected chi connectivity index (χ1v) is 7.66. The number of piperazine rings is 1. The molecule has 0 spiro atoms. The van der Waals surface area contributed by atoms with Crippen molar-refractivity contribution in [3.8, 4) is 5.75 Å². The van der Waals surface area contributed by atoms with Crippen molar-refractivity contribution in [2.75, 3.05) is 26.7 Å². The molecule has 1 aliphatic rings. The third-order valence-electron chi connectivity index (χ3n) is 3.14. The Kier molecular flexibility index (Phi) is 7.11. The number of hydrogen-bond donors (Lipinski definition) is 1. The van der Waals surface area contributed by atoms with E-state index >= 15 is 0 Å². The second-order valence-electron chi connectivity index (χ2n) is 4.67. The Hall–Kier alpha value is 0.190. The minimum Gasteiger partial charge on any atom is -0.495 e. The third-order valence-corrected chi connectivity index (χ3v) is 4.18. The molecular formula is C13H19Br2ClN2O. The molecule has 1 N–H and O–H groups in total. The number of benzene rings is 1. The average Bonchev–Trinajstić information content (AvgIpc) is 2.28. The molecule has 108 valence electrons. The van der Waals surface area contributed by atoms with E-state index in [2.05, 4.69) is 55.1 Å². The van der Waals surface area contributed by atoms with Crippen molar-refractivity contribution in [2.45, 2.75) is 19.5 Å². The van der Waals surface area contributed by atoms with Crippen LogP contribution in [-0.4, -0.2) is 37.7 Å². The molecule has 19 heavy (non-hydrogen) atoms. The van der Waals surface area contributed by atoms with Crippen LogP contribution in [0.2, 0.25) is 0 Å². The highest BCUT2D eigenvalue weighted by atomic mass is 79.9. The lowest BCUT2D eigenvalue weighted by Gasteiger charge is -2.32. The molecule has 1 aliphatic heterocycles. The SMILES string of the molecule is COc1c(Br)cc(Br)cc1CN1CCN[C@@H](C)C1.Cl. The van der Waals surface area contributed by atoms with E-state index in [1.807, 2.05) is 6.07 Å². The maximum atomic E-state index is 5.49. The van der Waals surface area contributed by atoms with Crippen molar-refractivity contribution < 1.29 is 4.74 Å². The van der Waals surface area contributed by atoms with Crippen LogP contribution >= 0.6 is 44.3 Å². The molecule has 1 aromatic carbocycles. The predicted octanol–water partition coefficient (Wildman–Crippen LogP) is 3.44. The Labute approximate surface area is 137 Å². The first-order chi connectivity index (χ1) is 8.60. The summed E-state index contributed by atoms with van der Waals surface area (Å²) in [4.78, 5) is 2.46. The van der Waals surface area contributed by atoms with Crippen LogP contribution in [0, 0.1) is 0 Å². The van der Waals surface area contributed by atoms with E-state index < -0.39 is 0 Å². The number of rotatable bonds is 3. The molecule has 0 amide bonds. The summed E-state index contributed by atoms with van der Waals surface area (Å²) >= 11 is 7.09. The predicted molar refractivity (Wildman–Crippen MR) is 88.4 cm³/mol. The van der Waals surface area contributed by atoms with E-state index in [1.165, 1.54) is 5.56 Å². The first-order valence-electron chi connectivity index (χ1n) is 6.08. The van der Waals surface area contributed by atoms with Crippen LogP contribution in [0.3, 0.4) is 0 Å². The maximum absolute atomic E-state index is 5.49. The second kappa shape index (κ2) is 7.84. The van der Waals surface area contributed by atoms with Gasteiger partial charge in [0.15, 0.2) is 0 Å². The summed E-state index contributed by atoms with van der Waals surface area (Å²) in [6.45, 7) is 6.36. The molecule has 1 atom stereocenters. The van der Waals surface area contributed by atoms with Gasteiger partial charge in [-0.05, 0) is 35.0 Å². The lowest BCUT2D eigenvalue weighted by Crippen LogP contribution is -2.48. The average molecular weight is 415 g/mol. The van der Waals surface area contributed by atoms with Gasteiger partial charge in [0.05, 0.1) is 11.6 Å². The fourth-order valence-electron chi connectivity index (χ4n) is 2.36. The van der Waals surface area contributed by atoms with Gasteiger partial charge in [-0.3, -0.25) is 4.90 Å². The summed E-state index contributed by atoms with van der Waals surface area (Å²) < 4.78 is 7.56. The fourth-order valence-corrected chi connectivity index (χ4v) is 3.83. The second-order valence-corrected chi connectivity index (χ2v) is 6.44. The van der Waals surface area contributed by atoms with Crippen molar-refractivity contribution >= 4 is 44.3 Å². The maximum Gasteiger partial charge on any atom is 0.137 e. The van der Waals surface area contributed by atoms with Gasteiger partial charge >= 0.3 is 0 Å². The van der Waals surface area contributed by atoms with Gasteiger partial charge in [0.2, 0.25) is 0 Å². The molecule has 1 heterocycles. The highest BCUT2D eigenvalue weighted by Crippen LogP contribution is 2.33. The number of hydrogen-bond acceptors (Lipinski definition) is 3. The molecule has 0 aromatic heterocycles. The van der Waals surface area contributed by atoms with E-state index in [0.29, 0.717) is 6.04 Å². The van der Waals surface area contributed by atoms with Gasteiger partial charge in [0, 0.05) is 42.3 Å². The summed E-state index contributed by atoms with van der Waals surface area (Å²) in [5, 5.41) is 3.46. The zero-order chi connectivity index (χ0) is 13.1. The molecule has 1 fully saturated rings. The number of ether oxygens (including phenoxy) is 1. The van der Waals surface area contributed by atoms with E-state index in [-0.39, 0.29) is 12.4 Å². The van der Waals surface area contributed by atoms with Gasteiger partial charge in [-0.2, -0.15) is 0 Å². The number of halogens is 3. The van der Waals surface area contributed by atoms with Gasteiger partial charge in [-0.1, -0.05) is 15.9 Å². The van der Waals surface area contributed by atoms with Crippen LogP contribution in [0.15, 0.2) is 21.1 Å². The minimum absolute atomic E-state index is 0. The van der Waals surface area contributed by atoms with Crippen LogP contribution in [-0.2, 0) is 6.54 Å². The third kappa shape index (κ3) is 4.60. The van der Waals surface area contributed by atoms with E-state index in [0.717, 1.165) is 40.9 Å². The highest BCUT2D eigenvalue weighted by Gasteiger charge is 2.18. The molecule has 3 nitrogen and oxygen atoms in total. The fraction of sp³-hybridized carbons (Fsp3) is 0.538. The van der Waals surface area contributed by atoms with Crippen molar-refractivity contribution in [2.24, 2.45) is 0 Å². The van der Waals surface area contributed by atoms with E-state index in [1.54, 1.807) is 7.11 Å². The molecule has 2 rings (SSSR count). The Morgan fingerprint density at radius 2 is 2.16 bits per heavy atom. The van der Waals surface area contributed by atoms with Crippen LogP contribution in [0.5, 0.6) is 5.75 Å². The van der Waals surface area contributed by atoms with Crippen LogP contribution in [0.25, 0.3) is 0 Å². The molecule has 0 aliphatic carbocycles. The zero-order valence-electron chi connectivity index (χ0n) is 11.1. The standard InChI is InChI=1S/C13H18Br2N2O.ClH/c1-9-7-17(4-3-16-9)8-10-5-11(14)6-12(15)13(10)18-2;/h5-6,9,16H,3-4,7-8H2,1-2H3;1H/t9-;/m0./s1. The van der Waals surface area contributed by atoms with Crippen molar-refractivity contribution in [3.05, 3.63) is 26.6 Å². The van der Waals surface area contributed by atoms with Crippen LogP contribution in [0.1, 0.15) is 12.5 Å². The molecule has 0 radical (unpaired) electrons. The quantitative estimate of drug-likeness (QED) is 0.820. The van der Waals surface area contributed by atoms with Gasteiger partial charge in [-0.25, -0.2) is 0 Å². The number of nitrogens with one attached hydrogen (secondary N) is 1. The summed E-state index contributed by atoms with van der Waals surface area (Å²) in [6, 6.07) is 4.71.